The molecule has 1 amide bonds. The molecule has 0 atom stereocenters. The van der Waals surface area contributed by atoms with Gasteiger partial charge in [0.1, 0.15) is 11.4 Å². The SMILES string of the molecule is Cc1ccc(NC(=O)Cn2cccc(S(=O)(=O)N3CCCCCC3)c2=O)c(Cl)c1. The number of carbonyl (C=O) groups excluding carboxylic acids is 1. The summed E-state index contributed by atoms with van der Waals surface area (Å²) in [5, 5.41) is 3.04. The van der Waals surface area contributed by atoms with Crippen molar-refractivity contribution in [3.05, 3.63) is 57.5 Å². The van der Waals surface area contributed by atoms with Gasteiger partial charge in [0.25, 0.3) is 5.56 Å². The van der Waals surface area contributed by atoms with Crippen LogP contribution in [0.4, 0.5) is 5.69 Å². The molecule has 1 aromatic carbocycles. The summed E-state index contributed by atoms with van der Waals surface area (Å²) in [4.78, 5) is 24.9. The second kappa shape index (κ2) is 9.11. The number of aryl methyl sites for hydroxylation is 1. The standard InChI is InChI=1S/C20H24ClN3O4S/c1-15-8-9-17(16(21)13-15)22-19(25)14-23-10-6-7-18(20(23)26)29(27,28)24-11-4-2-3-5-12-24/h6-10,13H,2-5,11-12,14H2,1H3,(H,22,25). The van der Waals surface area contributed by atoms with Gasteiger partial charge in [-0.3, -0.25) is 9.59 Å². The fourth-order valence-corrected chi connectivity index (χ4v) is 5.21. The first-order chi connectivity index (χ1) is 13.8. The number of carbonyl (C=O) groups is 1. The molecule has 0 bridgehead atoms. The van der Waals surface area contributed by atoms with Gasteiger partial charge >= 0.3 is 0 Å². The minimum absolute atomic E-state index is 0.303. The summed E-state index contributed by atoms with van der Waals surface area (Å²) < 4.78 is 28.4. The van der Waals surface area contributed by atoms with Crippen LogP contribution in [0.2, 0.25) is 5.02 Å². The van der Waals surface area contributed by atoms with Crippen LogP contribution in [0, 0.1) is 6.92 Å². The first kappa shape index (κ1) is 21.5. The van der Waals surface area contributed by atoms with Gasteiger partial charge in [-0.15, -0.1) is 0 Å². The maximum absolute atomic E-state index is 13.0. The van der Waals surface area contributed by atoms with E-state index in [1.807, 2.05) is 13.0 Å². The average Bonchev–Trinajstić information content (AvgIpc) is 2.96. The molecule has 0 aliphatic carbocycles. The maximum atomic E-state index is 13.0. The molecule has 0 saturated carbocycles. The van der Waals surface area contributed by atoms with E-state index in [2.05, 4.69) is 5.32 Å². The Morgan fingerprint density at radius 2 is 1.83 bits per heavy atom. The molecule has 1 aliphatic rings. The molecule has 2 heterocycles. The Balaban J connectivity index is 1.81. The van der Waals surface area contributed by atoms with Gasteiger partial charge in [0.2, 0.25) is 15.9 Å². The molecule has 1 aliphatic heterocycles. The number of amides is 1. The summed E-state index contributed by atoms with van der Waals surface area (Å²) in [6, 6.07) is 7.98. The van der Waals surface area contributed by atoms with E-state index in [1.165, 1.54) is 22.6 Å². The molecular formula is C20H24ClN3O4S. The number of benzene rings is 1. The number of sulfonamides is 1. The van der Waals surface area contributed by atoms with Gasteiger partial charge < -0.3 is 9.88 Å². The van der Waals surface area contributed by atoms with Gasteiger partial charge in [-0.25, -0.2) is 8.42 Å². The van der Waals surface area contributed by atoms with E-state index in [0.29, 0.717) is 23.8 Å². The van der Waals surface area contributed by atoms with Crippen molar-refractivity contribution in [3.8, 4) is 0 Å². The predicted octanol–water partition coefficient (Wildman–Crippen LogP) is 3.01. The van der Waals surface area contributed by atoms with Crippen LogP contribution in [0.3, 0.4) is 0 Å². The highest BCUT2D eigenvalue weighted by molar-refractivity contribution is 7.89. The summed E-state index contributed by atoms with van der Waals surface area (Å²) in [7, 11) is -3.90. The molecule has 29 heavy (non-hydrogen) atoms. The highest BCUT2D eigenvalue weighted by Gasteiger charge is 2.28. The number of hydrogen-bond donors (Lipinski definition) is 1. The van der Waals surface area contributed by atoms with Crippen molar-refractivity contribution < 1.29 is 13.2 Å². The Labute approximate surface area is 175 Å². The van der Waals surface area contributed by atoms with Crippen molar-refractivity contribution in [3.63, 3.8) is 0 Å². The lowest BCUT2D eigenvalue weighted by atomic mass is 10.2. The third-order valence-electron chi connectivity index (χ3n) is 4.88. The molecule has 0 spiro atoms. The lowest BCUT2D eigenvalue weighted by Crippen LogP contribution is -2.37. The molecular weight excluding hydrogens is 414 g/mol. The molecule has 0 unspecified atom stereocenters. The Kier molecular flexibility index (Phi) is 6.77. The largest absolute Gasteiger partial charge is 0.323 e. The van der Waals surface area contributed by atoms with Crippen molar-refractivity contribution in [1.29, 1.82) is 0 Å². The van der Waals surface area contributed by atoms with Crippen LogP contribution in [0.1, 0.15) is 31.2 Å². The predicted molar refractivity (Wildman–Crippen MR) is 113 cm³/mol. The molecule has 0 radical (unpaired) electrons. The number of aromatic nitrogens is 1. The summed E-state index contributed by atoms with van der Waals surface area (Å²) in [6.45, 7) is 2.38. The maximum Gasteiger partial charge on any atom is 0.271 e. The van der Waals surface area contributed by atoms with Crippen LogP contribution >= 0.6 is 11.6 Å². The molecule has 7 nitrogen and oxygen atoms in total. The van der Waals surface area contributed by atoms with Crippen molar-refractivity contribution in [2.24, 2.45) is 0 Å². The zero-order chi connectivity index (χ0) is 21.0. The Bertz CT molecular complexity index is 1060. The topological polar surface area (TPSA) is 88.5 Å². The molecule has 3 rings (SSSR count). The molecule has 1 fully saturated rings. The molecule has 156 valence electrons. The Morgan fingerprint density at radius 3 is 2.48 bits per heavy atom. The number of anilines is 1. The van der Waals surface area contributed by atoms with Crippen molar-refractivity contribution >= 4 is 33.2 Å². The van der Waals surface area contributed by atoms with E-state index in [9.17, 15) is 18.0 Å². The zero-order valence-electron chi connectivity index (χ0n) is 16.2. The van der Waals surface area contributed by atoms with Crippen LogP contribution in [-0.4, -0.2) is 36.3 Å². The lowest BCUT2D eigenvalue weighted by molar-refractivity contribution is -0.116. The van der Waals surface area contributed by atoms with Gasteiger partial charge in [-0.05, 0) is 49.6 Å². The number of nitrogens with zero attached hydrogens (tertiary/aromatic N) is 2. The molecule has 1 N–H and O–H groups in total. The van der Waals surface area contributed by atoms with E-state index in [0.717, 1.165) is 35.8 Å². The number of nitrogens with one attached hydrogen (secondary N) is 1. The summed E-state index contributed by atoms with van der Waals surface area (Å²) in [5.74, 6) is -0.470. The Hall–Kier alpha value is -2.16. The van der Waals surface area contributed by atoms with E-state index in [1.54, 1.807) is 12.1 Å². The number of halogens is 1. The van der Waals surface area contributed by atoms with Gasteiger partial charge in [0, 0.05) is 19.3 Å². The fraction of sp³-hybridized carbons (Fsp3) is 0.400. The van der Waals surface area contributed by atoms with E-state index in [4.69, 9.17) is 11.6 Å². The number of pyridine rings is 1. The van der Waals surface area contributed by atoms with Crippen molar-refractivity contribution in [1.82, 2.24) is 8.87 Å². The normalized spacial score (nSPS) is 15.7. The monoisotopic (exact) mass is 437 g/mol. The summed E-state index contributed by atoms with van der Waals surface area (Å²) in [6.07, 6.45) is 4.92. The number of rotatable bonds is 5. The fourth-order valence-electron chi connectivity index (χ4n) is 3.32. The van der Waals surface area contributed by atoms with E-state index >= 15 is 0 Å². The van der Waals surface area contributed by atoms with Gasteiger partial charge in [0.05, 0.1) is 10.7 Å². The third kappa shape index (κ3) is 5.07. The van der Waals surface area contributed by atoms with Crippen LogP contribution < -0.4 is 10.9 Å². The van der Waals surface area contributed by atoms with Crippen LogP contribution in [0.25, 0.3) is 0 Å². The van der Waals surface area contributed by atoms with Crippen LogP contribution in [-0.2, 0) is 21.4 Å². The molecule has 9 heteroatoms. The summed E-state index contributed by atoms with van der Waals surface area (Å²) in [5.41, 5.74) is 0.682. The first-order valence-corrected chi connectivity index (χ1v) is 11.4. The first-order valence-electron chi connectivity index (χ1n) is 9.54. The molecule has 1 aromatic heterocycles. The lowest BCUT2D eigenvalue weighted by Gasteiger charge is -2.20. The van der Waals surface area contributed by atoms with Crippen LogP contribution in [0.5, 0.6) is 0 Å². The second-order valence-corrected chi connectivity index (χ2v) is 9.47. The van der Waals surface area contributed by atoms with Crippen LogP contribution in [0.15, 0.2) is 46.2 Å². The second-order valence-electron chi connectivity index (χ2n) is 7.16. The van der Waals surface area contributed by atoms with E-state index < -0.39 is 21.5 Å². The van der Waals surface area contributed by atoms with E-state index in [-0.39, 0.29) is 11.4 Å². The smallest absolute Gasteiger partial charge is 0.271 e. The zero-order valence-corrected chi connectivity index (χ0v) is 17.8. The average molecular weight is 438 g/mol. The Morgan fingerprint density at radius 1 is 1.14 bits per heavy atom. The van der Waals surface area contributed by atoms with Gasteiger partial charge in [-0.2, -0.15) is 4.31 Å². The third-order valence-corrected chi connectivity index (χ3v) is 7.10. The van der Waals surface area contributed by atoms with Crippen molar-refractivity contribution in [2.75, 3.05) is 18.4 Å². The van der Waals surface area contributed by atoms with Gasteiger partial charge in [0.15, 0.2) is 0 Å². The molecule has 1 saturated heterocycles. The number of hydrogen-bond acceptors (Lipinski definition) is 4. The highest BCUT2D eigenvalue weighted by atomic mass is 35.5. The highest BCUT2D eigenvalue weighted by Crippen LogP contribution is 2.22. The molecule has 2 aromatic rings. The minimum Gasteiger partial charge on any atom is -0.323 e. The van der Waals surface area contributed by atoms with Crippen molar-refractivity contribution in [2.45, 2.75) is 44.0 Å². The summed E-state index contributed by atoms with van der Waals surface area (Å²) >= 11 is 6.12. The quantitative estimate of drug-likeness (QED) is 0.778. The van der Waals surface area contributed by atoms with Gasteiger partial charge in [-0.1, -0.05) is 30.5 Å². The minimum atomic E-state index is -3.90.